The van der Waals surface area contributed by atoms with Gasteiger partial charge in [0.05, 0.1) is 6.20 Å². The number of anilines is 1. The second-order valence-corrected chi connectivity index (χ2v) is 9.89. The molecule has 1 heterocycles. The molecule has 1 aromatic heterocycles. The van der Waals surface area contributed by atoms with Gasteiger partial charge in [0.15, 0.2) is 0 Å². The van der Waals surface area contributed by atoms with Gasteiger partial charge in [-0.2, -0.15) is 0 Å². The largest absolute Gasteiger partial charge is 0.383 e. The Bertz CT molecular complexity index is 886. The SMILES string of the molecule is CC(C)(O)c1ncc(S(N)=O)s1.NC(=O)Nc1c2c(cc3c1CCC3)CCC2. The van der Waals surface area contributed by atoms with Crippen LogP contribution in [0.3, 0.4) is 0 Å². The molecule has 0 saturated carbocycles. The highest BCUT2D eigenvalue weighted by Crippen LogP contribution is 2.38. The predicted molar refractivity (Wildman–Crippen MR) is 112 cm³/mol. The highest BCUT2D eigenvalue weighted by molar-refractivity contribution is 7.85. The van der Waals surface area contributed by atoms with Crippen molar-refractivity contribution in [2.75, 3.05) is 5.32 Å². The fourth-order valence-electron chi connectivity index (χ4n) is 3.73. The molecular weight excluding hydrogens is 396 g/mol. The summed E-state index contributed by atoms with van der Waals surface area (Å²) in [4.78, 5) is 15.0. The molecule has 0 spiro atoms. The van der Waals surface area contributed by atoms with E-state index >= 15 is 0 Å². The summed E-state index contributed by atoms with van der Waals surface area (Å²) in [6.45, 7) is 3.24. The molecule has 1 atom stereocenters. The van der Waals surface area contributed by atoms with E-state index in [4.69, 9.17) is 10.9 Å². The van der Waals surface area contributed by atoms with Gasteiger partial charge in [0.25, 0.3) is 0 Å². The molecule has 0 saturated heterocycles. The van der Waals surface area contributed by atoms with E-state index in [9.17, 15) is 14.1 Å². The maximum atomic E-state index is 11.1. The van der Waals surface area contributed by atoms with E-state index in [0.29, 0.717) is 9.22 Å². The number of fused-ring (bicyclic) bond motifs is 2. The van der Waals surface area contributed by atoms with Gasteiger partial charge < -0.3 is 16.2 Å². The monoisotopic (exact) mass is 422 g/mol. The first-order valence-electron chi connectivity index (χ1n) is 9.24. The number of primary amides is 1. The lowest BCUT2D eigenvalue weighted by atomic mass is 9.99. The van der Waals surface area contributed by atoms with Crippen LogP contribution in [0.25, 0.3) is 0 Å². The van der Waals surface area contributed by atoms with Gasteiger partial charge in [-0.05, 0) is 74.6 Å². The summed E-state index contributed by atoms with van der Waals surface area (Å²) in [6, 6.07) is 1.91. The van der Waals surface area contributed by atoms with E-state index in [1.807, 2.05) is 0 Å². The fraction of sp³-hybridized carbons (Fsp3) is 0.474. The molecule has 2 aromatic rings. The molecule has 28 heavy (non-hydrogen) atoms. The highest BCUT2D eigenvalue weighted by Gasteiger charge is 2.24. The summed E-state index contributed by atoms with van der Waals surface area (Å²) in [5, 5.41) is 18.0. The highest BCUT2D eigenvalue weighted by atomic mass is 32.2. The number of nitrogens with one attached hydrogen (secondary N) is 1. The number of aromatic nitrogens is 1. The zero-order chi connectivity index (χ0) is 20.5. The number of aryl methyl sites for hydroxylation is 2. The minimum Gasteiger partial charge on any atom is -0.383 e. The minimum atomic E-state index is -1.50. The lowest BCUT2D eigenvalue weighted by molar-refractivity contribution is 0.0783. The summed E-state index contributed by atoms with van der Waals surface area (Å²) >= 11 is 1.16. The van der Waals surface area contributed by atoms with Crippen LogP contribution in [-0.4, -0.2) is 20.3 Å². The third-order valence-electron chi connectivity index (χ3n) is 4.93. The van der Waals surface area contributed by atoms with Gasteiger partial charge in [0.1, 0.15) is 25.8 Å². The maximum Gasteiger partial charge on any atom is 0.316 e. The first-order chi connectivity index (χ1) is 13.2. The molecule has 0 bridgehead atoms. The van der Waals surface area contributed by atoms with Crippen LogP contribution < -0.4 is 16.2 Å². The van der Waals surface area contributed by atoms with Crippen molar-refractivity contribution >= 4 is 34.0 Å². The van der Waals surface area contributed by atoms with Crippen LogP contribution in [0.1, 0.15) is 54.0 Å². The Morgan fingerprint density at radius 1 is 1.21 bits per heavy atom. The van der Waals surface area contributed by atoms with Crippen molar-refractivity contribution in [1.29, 1.82) is 0 Å². The summed E-state index contributed by atoms with van der Waals surface area (Å²) in [5.41, 5.74) is 10.8. The minimum absolute atomic E-state index is 0.436. The molecule has 0 aliphatic heterocycles. The van der Waals surface area contributed by atoms with Crippen molar-refractivity contribution in [1.82, 2.24) is 4.98 Å². The zero-order valence-electron chi connectivity index (χ0n) is 16.1. The van der Waals surface area contributed by atoms with Crippen LogP contribution in [0, 0.1) is 0 Å². The second-order valence-electron chi connectivity index (χ2n) is 7.56. The molecule has 4 rings (SSSR count). The van der Waals surface area contributed by atoms with Crippen molar-refractivity contribution in [3.63, 3.8) is 0 Å². The predicted octanol–water partition coefficient (Wildman–Crippen LogP) is 2.51. The van der Waals surface area contributed by atoms with Crippen molar-refractivity contribution in [2.24, 2.45) is 10.9 Å². The molecule has 0 fully saturated rings. The molecule has 1 aromatic carbocycles. The zero-order valence-corrected chi connectivity index (χ0v) is 17.7. The summed E-state index contributed by atoms with van der Waals surface area (Å²) < 4.78 is 11.2. The third-order valence-corrected chi connectivity index (χ3v) is 7.28. The Kier molecular flexibility index (Phi) is 6.18. The number of hydrogen-bond donors (Lipinski definition) is 4. The molecule has 1 unspecified atom stereocenters. The van der Waals surface area contributed by atoms with E-state index in [0.717, 1.165) is 42.7 Å². The van der Waals surface area contributed by atoms with Gasteiger partial charge in [-0.3, -0.25) is 0 Å². The maximum absolute atomic E-state index is 11.1. The van der Waals surface area contributed by atoms with E-state index in [1.165, 1.54) is 41.3 Å². The second kappa shape index (κ2) is 8.28. The van der Waals surface area contributed by atoms with Crippen LogP contribution in [-0.2, 0) is 42.3 Å². The van der Waals surface area contributed by atoms with Crippen molar-refractivity contribution in [2.45, 2.75) is 62.2 Å². The number of nitrogens with zero attached hydrogens (tertiary/aromatic N) is 1. The van der Waals surface area contributed by atoms with Crippen LogP contribution in [0.2, 0.25) is 0 Å². The number of amides is 2. The lowest BCUT2D eigenvalue weighted by Crippen LogP contribution is -2.21. The molecule has 0 radical (unpaired) electrons. The van der Waals surface area contributed by atoms with Gasteiger partial charge in [-0.25, -0.2) is 19.1 Å². The quantitative estimate of drug-likeness (QED) is 0.605. The van der Waals surface area contributed by atoms with Gasteiger partial charge in [-0.1, -0.05) is 6.07 Å². The smallest absolute Gasteiger partial charge is 0.316 e. The normalized spacial score (nSPS) is 16.0. The van der Waals surface area contributed by atoms with E-state index < -0.39 is 22.6 Å². The van der Waals surface area contributed by atoms with Crippen LogP contribution in [0.5, 0.6) is 0 Å². The summed E-state index contributed by atoms with van der Waals surface area (Å²) in [7, 11) is -1.50. The molecular formula is C19H26N4O3S2. The Hall–Kier alpha value is -1.81. The van der Waals surface area contributed by atoms with Gasteiger partial charge in [0, 0.05) is 5.69 Å². The number of rotatable bonds is 3. The number of carbonyl (C=O) groups excluding carboxylic acids is 1. The molecule has 152 valence electrons. The Labute approximate surface area is 171 Å². The molecule has 2 aliphatic carbocycles. The summed E-state index contributed by atoms with van der Waals surface area (Å²) in [5.74, 6) is 0. The van der Waals surface area contributed by atoms with E-state index in [2.05, 4.69) is 16.4 Å². The lowest BCUT2D eigenvalue weighted by Gasteiger charge is -2.14. The molecule has 6 N–H and O–H groups in total. The Balaban J connectivity index is 0.000000169. The topological polar surface area (TPSA) is 131 Å². The number of nitrogens with two attached hydrogens (primary N) is 2. The standard InChI is InChI=1S/C13H16N2O.C6H10N2O2S2/c14-13(16)15-12-10-5-1-3-8(10)7-9-4-2-6-11(9)12;1-6(2,9)5-8-3-4(11-5)12(7)10/h7H,1-6H2,(H3,14,15,16);3,9H,7H2,1-2H3. The molecule has 9 heteroatoms. The Morgan fingerprint density at radius 2 is 1.79 bits per heavy atom. The third kappa shape index (κ3) is 4.60. The Morgan fingerprint density at radius 3 is 2.18 bits per heavy atom. The average Bonchev–Trinajstić information content (AvgIpc) is 3.34. The van der Waals surface area contributed by atoms with Gasteiger partial charge in [-0.15, -0.1) is 11.3 Å². The van der Waals surface area contributed by atoms with Crippen molar-refractivity contribution in [3.8, 4) is 0 Å². The number of thiazole rings is 1. The average molecular weight is 423 g/mol. The summed E-state index contributed by atoms with van der Waals surface area (Å²) in [6.07, 6.45) is 8.29. The van der Waals surface area contributed by atoms with Gasteiger partial charge in [0.2, 0.25) is 0 Å². The molecule has 2 aliphatic rings. The first-order valence-corrected chi connectivity index (χ1v) is 11.3. The number of hydrogen-bond acceptors (Lipinski definition) is 5. The van der Waals surface area contributed by atoms with E-state index in [1.54, 1.807) is 13.8 Å². The van der Waals surface area contributed by atoms with Crippen LogP contribution in [0.4, 0.5) is 10.5 Å². The van der Waals surface area contributed by atoms with Crippen molar-refractivity contribution in [3.05, 3.63) is 39.5 Å². The number of carbonyl (C=O) groups is 1. The number of benzene rings is 1. The van der Waals surface area contributed by atoms with Crippen molar-refractivity contribution < 1.29 is 14.1 Å². The van der Waals surface area contributed by atoms with Crippen LogP contribution >= 0.6 is 11.3 Å². The fourth-order valence-corrected chi connectivity index (χ4v) is 5.10. The first kappa shape index (κ1) is 20.9. The van der Waals surface area contributed by atoms with E-state index in [-0.39, 0.29) is 0 Å². The van der Waals surface area contributed by atoms with Crippen LogP contribution in [0.15, 0.2) is 16.5 Å². The molecule has 2 amide bonds. The number of urea groups is 1. The number of aliphatic hydroxyl groups is 1. The molecule has 7 nitrogen and oxygen atoms in total. The van der Waals surface area contributed by atoms with Gasteiger partial charge >= 0.3 is 6.03 Å².